The molecule has 5 heteroatoms. The molecule has 4 aliphatic carbocycles. The number of hydrogen-bond donors (Lipinski definition) is 1. The van der Waals surface area contributed by atoms with E-state index >= 15 is 4.39 Å². The first-order chi connectivity index (χ1) is 12.6. The lowest BCUT2D eigenvalue weighted by atomic mass is 9.44. The predicted molar refractivity (Wildman–Crippen MR) is 96.6 cm³/mol. The molecular formula is C22H27FO4. The highest BCUT2D eigenvalue weighted by Gasteiger charge is 2.78. The second kappa shape index (κ2) is 4.98. The van der Waals surface area contributed by atoms with Crippen molar-refractivity contribution in [2.45, 2.75) is 63.8 Å². The smallest absolute Gasteiger partial charge is 0.191 e. The van der Waals surface area contributed by atoms with E-state index in [1.807, 2.05) is 20.8 Å². The van der Waals surface area contributed by atoms with E-state index in [0.29, 0.717) is 12.8 Å². The van der Waals surface area contributed by atoms with Crippen LogP contribution in [-0.4, -0.2) is 40.7 Å². The molecule has 0 radical (unpaired) electrons. The highest BCUT2D eigenvalue weighted by atomic mass is 19.1. The largest absolute Gasteiger partial charge is 0.390 e. The third-order valence-corrected chi connectivity index (χ3v) is 9.03. The zero-order valence-corrected chi connectivity index (χ0v) is 16.1. The summed E-state index contributed by atoms with van der Waals surface area (Å²) in [4.78, 5) is 24.5. The van der Waals surface area contributed by atoms with E-state index < -0.39 is 28.2 Å². The first-order valence-corrected chi connectivity index (χ1v) is 10.1. The van der Waals surface area contributed by atoms with Gasteiger partial charge in [0.05, 0.1) is 6.10 Å². The summed E-state index contributed by atoms with van der Waals surface area (Å²) in [7, 11) is 0. The number of fused-ring (bicyclic) bond motifs is 6. The van der Waals surface area contributed by atoms with Gasteiger partial charge >= 0.3 is 0 Å². The van der Waals surface area contributed by atoms with Gasteiger partial charge in [-0.15, -0.1) is 0 Å². The van der Waals surface area contributed by atoms with Crippen molar-refractivity contribution in [3.8, 4) is 0 Å². The fourth-order valence-corrected chi connectivity index (χ4v) is 7.72. The van der Waals surface area contributed by atoms with Gasteiger partial charge in [0.1, 0.15) is 12.2 Å². The van der Waals surface area contributed by atoms with Crippen LogP contribution in [0.2, 0.25) is 0 Å². The maximum atomic E-state index is 16.9. The average molecular weight is 374 g/mol. The monoisotopic (exact) mass is 374 g/mol. The minimum Gasteiger partial charge on any atom is -0.390 e. The van der Waals surface area contributed by atoms with Gasteiger partial charge in [0, 0.05) is 16.7 Å². The summed E-state index contributed by atoms with van der Waals surface area (Å²) >= 11 is 0. The zero-order chi connectivity index (χ0) is 19.4. The molecule has 1 aliphatic heterocycles. The van der Waals surface area contributed by atoms with Crippen molar-refractivity contribution in [1.29, 1.82) is 0 Å². The Hall–Kier alpha value is -1.33. The molecule has 5 aliphatic rings. The maximum Gasteiger partial charge on any atom is 0.191 e. The van der Waals surface area contributed by atoms with Crippen molar-refractivity contribution in [2.75, 3.05) is 6.61 Å². The summed E-state index contributed by atoms with van der Waals surface area (Å²) in [6.07, 6.45) is 5.65. The van der Waals surface area contributed by atoms with Gasteiger partial charge in [-0.1, -0.05) is 25.5 Å². The minimum atomic E-state index is -1.84. The SMILES string of the molecule is C[C@@H]1C[C@H]2[C@@H]3CCC4=CC(=O)C=C[C@]4(C)[C@@]3(F)[C@@H](O)C[C@]2(C)[C@]12OCC2=O. The van der Waals surface area contributed by atoms with Crippen LogP contribution in [0.1, 0.15) is 46.5 Å². The molecule has 4 nitrogen and oxygen atoms in total. The molecule has 5 rings (SSSR count). The zero-order valence-electron chi connectivity index (χ0n) is 16.1. The molecule has 1 heterocycles. The number of rotatable bonds is 0. The fourth-order valence-electron chi connectivity index (χ4n) is 7.72. The number of Topliss-reactive ketones (excluding diaryl/α,β-unsaturated/α-hetero) is 1. The van der Waals surface area contributed by atoms with Crippen molar-refractivity contribution >= 4 is 11.6 Å². The number of ketones is 2. The maximum absolute atomic E-state index is 16.9. The summed E-state index contributed by atoms with van der Waals surface area (Å²) in [5, 5.41) is 11.2. The van der Waals surface area contributed by atoms with E-state index in [0.717, 1.165) is 12.0 Å². The Morgan fingerprint density at radius 2 is 2.00 bits per heavy atom. The van der Waals surface area contributed by atoms with Crippen LogP contribution in [0.15, 0.2) is 23.8 Å². The van der Waals surface area contributed by atoms with E-state index in [1.165, 1.54) is 6.08 Å². The third-order valence-electron chi connectivity index (χ3n) is 9.03. The number of aliphatic hydroxyl groups excluding tert-OH is 1. The lowest BCUT2D eigenvalue weighted by Gasteiger charge is -2.64. The van der Waals surface area contributed by atoms with E-state index in [9.17, 15) is 14.7 Å². The minimum absolute atomic E-state index is 0.0189. The Kier molecular flexibility index (Phi) is 3.27. The van der Waals surface area contributed by atoms with E-state index in [2.05, 4.69) is 0 Å². The first-order valence-electron chi connectivity index (χ1n) is 10.1. The first kappa shape index (κ1) is 17.7. The van der Waals surface area contributed by atoms with Crippen molar-refractivity contribution in [2.24, 2.45) is 28.6 Å². The molecule has 1 spiro atoms. The molecule has 8 atom stereocenters. The number of allylic oxidation sites excluding steroid dienone is 4. The predicted octanol–water partition coefficient (Wildman–Crippen LogP) is 2.94. The van der Waals surface area contributed by atoms with Crippen molar-refractivity contribution in [3.05, 3.63) is 23.8 Å². The summed E-state index contributed by atoms with van der Waals surface area (Å²) in [6.45, 7) is 6.00. The molecule has 1 N–H and O–H groups in total. The Labute approximate surface area is 158 Å². The molecule has 0 aromatic carbocycles. The number of hydrogen-bond acceptors (Lipinski definition) is 4. The Bertz CT molecular complexity index is 817. The van der Waals surface area contributed by atoms with Crippen LogP contribution < -0.4 is 0 Å². The molecular weight excluding hydrogens is 347 g/mol. The van der Waals surface area contributed by atoms with Crippen molar-refractivity contribution in [1.82, 2.24) is 0 Å². The topological polar surface area (TPSA) is 63.6 Å². The summed E-state index contributed by atoms with van der Waals surface area (Å²) in [5.41, 5.74) is -3.44. The van der Waals surface area contributed by atoms with Gasteiger partial charge in [0.25, 0.3) is 0 Å². The Balaban J connectivity index is 1.64. The van der Waals surface area contributed by atoms with Gasteiger partial charge in [-0.2, -0.15) is 0 Å². The molecule has 0 amide bonds. The van der Waals surface area contributed by atoms with Gasteiger partial charge in [-0.05, 0) is 56.6 Å². The number of carbonyl (C=O) groups excluding carboxylic acids is 2. The van der Waals surface area contributed by atoms with E-state index in [4.69, 9.17) is 4.74 Å². The summed E-state index contributed by atoms with van der Waals surface area (Å²) in [5.74, 6) is -0.359. The van der Waals surface area contributed by atoms with E-state index in [1.54, 1.807) is 12.2 Å². The quantitative estimate of drug-likeness (QED) is 0.708. The molecule has 27 heavy (non-hydrogen) atoms. The highest BCUT2D eigenvalue weighted by molar-refractivity contribution is 6.01. The molecule has 0 bridgehead atoms. The second-order valence-corrected chi connectivity index (χ2v) is 9.85. The van der Waals surface area contributed by atoms with E-state index in [-0.39, 0.29) is 42.3 Å². The molecule has 4 fully saturated rings. The number of alkyl halides is 1. The van der Waals surface area contributed by atoms with Crippen LogP contribution >= 0.6 is 0 Å². The van der Waals surface area contributed by atoms with Gasteiger partial charge in [-0.25, -0.2) is 4.39 Å². The van der Waals surface area contributed by atoms with Crippen LogP contribution in [0.25, 0.3) is 0 Å². The molecule has 1 saturated heterocycles. The average Bonchev–Trinajstić information content (AvgIpc) is 2.84. The number of aliphatic hydroxyl groups is 1. The fraction of sp³-hybridized carbons (Fsp3) is 0.727. The van der Waals surface area contributed by atoms with Crippen LogP contribution in [0.5, 0.6) is 0 Å². The second-order valence-electron chi connectivity index (χ2n) is 9.85. The summed E-state index contributed by atoms with van der Waals surface area (Å²) in [6, 6.07) is 0. The van der Waals surface area contributed by atoms with Crippen molar-refractivity contribution in [3.63, 3.8) is 0 Å². The summed E-state index contributed by atoms with van der Waals surface area (Å²) < 4.78 is 22.8. The van der Waals surface area contributed by atoms with Crippen molar-refractivity contribution < 1.29 is 23.8 Å². The normalized spacial score (nSPS) is 56.3. The molecule has 0 unspecified atom stereocenters. The molecule has 0 aromatic rings. The molecule has 0 aromatic heterocycles. The molecule has 146 valence electrons. The van der Waals surface area contributed by atoms with Gasteiger partial charge in [0.2, 0.25) is 0 Å². The third kappa shape index (κ3) is 1.69. The number of halogens is 1. The standard InChI is InChI=1S/C22H27FO4/c1-12-8-16-15-5-4-13-9-14(24)6-7-19(13,2)21(15,23)17(25)10-20(16,3)22(12)18(26)11-27-22/h6-7,9,12,15-17,25H,4-5,8,10-11H2,1-3H3/t12-,15+,16+,17+,19+,20+,21+,22+/m1/s1. The lowest BCUT2D eigenvalue weighted by Crippen LogP contribution is -2.72. The van der Waals surface area contributed by atoms with Gasteiger partial charge in [0.15, 0.2) is 17.2 Å². The van der Waals surface area contributed by atoms with Crippen LogP contribution in [0.4, 0.5) is 4.39 Å². The Morgan fingerprint density at radius 3 is 2.63 bits per heavy atom. The van der Waals surface area contributed by atoms with Crippen LogP contribution in [0, 0.1) is 28.6 Å². The van der Waals surface area contributed by atoms with Gasteiger partial charge in [-0.3, -0.25) is 9.59 Å². The molecule has 3 saturated carbocycles. The highest BCUT2D eigenvalue weighted by Crippen LogP contribution is 2.72. The van der Waals surface area contributed by atoms with Gasteiger partial charge < -0.3 is 9.84 Å². The Morgan fingerprint density at radius 1 is 1.26 bits per heavy atom. The van der Waals surface area contributed by atoms with Crippen LogP contribution in [-0.2, 0) is 14.3 Å². The number of ether oxygens (including phenoxy) is 1. The van der Waals surface area contributed by atoms with Crippen LogP contribution in [0.3, 0.4) is 0 Å². The number of carbonyl (C=O) groups is 2. The lowest BCUT2D eigenvalue weighted by molar-refractivity contribution is -0.250.